The van der Waals surface area contributed by atoms with Crippen LogP contribution >= 0.6 is 0 Å². The van der Waals surface area contributed by atoms with Gasteiger partial charge in [0.2, 0.25) is 15.9 Å². The van der Waals surface area contributed by atoms with E-state index in [-0.39, 0.29) is 11.8 Å². The van der Waals surface area contributed by atoms with Crippen molar-refractivity contribution in [2.75, 3.05) is 26.7 Å². The van der Waals surface area contributed by atoms with E-state index < -0.39 is 10.0 Å². The molecule has 2 rings (SSSR count). The van der Waals surface area contributed by atoms with Crippen molar-refractivity contribution < 1.29 is 17.9 Å². The Kier molecular flexibility index (Phi) is 7.28. The van der Waals surface area contributed by atoms with E-state index in [2.05, 4.69) is 19.2 Å². The first-order valence-electron chi connectivity index (χ1n) is 9.60. The zero-order valence-corrected chi connectivity index (χ0v) is 17.9. The maximum atomic E-state index is 13.1. The topological polar surface area (TPSA) is 75.7 Å². The highest BCUT2D eigenvalue weighted by molar-refractivity contribution is 7.89. The molecule has 1 aliphatic rings. The van der Waals surface area contributed by atoms with Gasteiger partial charge in [0, 0.05) is 25.6 Å². The second kappa shape index (κ2) is 9.06. The van der Waals surface area contributed by atoms with Gasteiger partial charge in [-0.15, -0.1) is 0 Å². The number of aryl methyl sites for hydroxylation is 2. The average Bonchev–Trinajstić information content (AvgIpc) is 2.62. The highest BCUT2D eigenvalue weighted by atomic mass is 32.2. The number of ether oxygens (including phenoxy) is 1. The second-order valence-corrected chi connectivity index (χ2v) is 9.65. The van der Waals surface area contributed by atoms with Gasteiger partial charge in [-0.3, -0.25) is 4.79 Å². The van der Waals surface area contributed by atoms with Crippen molar-refractivity contribution >= 4 is 15.9 Å². The van der Waals surface area contributed by atoms with E-state index in [4.69, 9.17) is 4.74 Å². The molecule has 0 atom stereocenters. The number of amides is 1. The maximum absolute atomic E-state index is 13.1. The van der Waals surface area contributed by atoms with Crippen LogP contribution in [0.4, 0.5) is 0 Å². The van der Waals surface area contributed by atoms with Crippen molar-refractivity contribution in [2.45, 2.75) is 51.9 Å². The minimum atomic E-state index is -3.57. The number of hydrogen-bond donors (Lipinski definition) is 1. The number of methoxy groups -OCH3 is 1. The molecule has 1 saturated heterocycles. The van der Waals surface area contributed by atoms with Crippen molar-refractivity contribution in [1.82, 2.24) is 9.62 Å². The lowest BCUT2D eigenvalue weighted by Crippen LogP contribution is -2.43. The molecule has 1 aromatic rings. The third kappa shape index (κ3) is 5.23. The van der Waals surface area contributed by atoms with E-state index in [1.807, 2.05) is 6.92 Å². The summed E-state index contributed by atoms with van der Waals surface area (Å²) in [5, 5.41) is 2.98. The van der Waals surface area contributed by atoms with E-state index >= 15 is 0 Å². The summed E-state index contributed by atoms with van der Waals surface area (Å²) in [4.78, 5) is 12.6. The van der Waals surface area contributed by atoms with Crippen molar-refractivity contribution in [2.24, 2.45) is 11.8 Å². The van der Waals surface area contributed by atoms with Crippen molar-refractivity contribution in [3.05, 3.63) is 23.3 Å². The van der Waals surface area contributed by atoms with Crippen LogP contribution in [0.5, 0.6) is 5.75 Å². The lowest BCUT2D eigenvalue weighted by molar-refractivity contribution is -0.126. The molecule has 1 amide bonds. The molecular formula is C20H32N2O4S. The van der Waals surface area contributed by atoms with Gasteiger partial charge in [-0.05, 0) is 62.3 Å². The summed E-state index contributed by atoms with van der Waals surface area (Å²) in [6, 6.07) is 3.44. The molecule has 0 radical (unpaired) electrons. The Bertz CT molecular complexity index is 766. The fourth-order valence-electron chi connectivity index (χ4n) is 3.39. The first-order chi connectivity index (χ1) is 12.7. The molecule has 1 aliphatic heterocycles. The molecular weight excluding hydrogens is 364 g/mol. The number of nitrogens with one attached hydrogen (secondary N) is 1. The monoisotopic (exact) mass is 396 g/mol. The van der Waals surface area contributed by atoms with Gasteiger partial charge >= 0.3 is 0 Å². The van der Waals surface area contributed by atoms with Gasteiger partial charge in [0.05, 0.1) is 12.0 Å². The molecule has 1 N–H and O–H groups in total. The lowest BCUT2D eigenvalue weighted by Gasteiger charge is -2.31. The van der Waals surface area contributed by atoms with Crippen LogP contribution in [0.2, 0.25) is 0 Å². The normalized spacial score (nSPS) is 16.5. The van der Waals surface area contributed by atoms with Crippen molar-refractivity contribution in [3.8, 4) is 5.75 Å². The number of carbonyl (C=O) groups excluding carboxylic acids is 1. The predicted molar refractivity (Wildman–Crippen MR) is 106 cm³/mol. The molecule has 0 bridgehead atoms. The second-order valence-electron chi connectivity index (χ2n) is 7.74. The minimum absolute atomic E-state index is 0.0455. The van der Waals surface area contributed by atoms with Gasteiger partial charge in [-0.2, -0.15) is 4.31 Å². The Morgan fingerprint density at radius 1 is 1.22 bits per heavy atom. The summed E-state index contributed by atoms with van der Waals surface area (Å²) in [5.74, 6) is 1.17. The summed E-state index contributed by atoms with van der Waals surface area (Å²) in [5.41, 5.74) is 1.46. The van der Waals surface area contributed by atoms with Crippen LogP contribution in [-0.2, 0) is 14.8 Å². The standard InChI is InChI=1S/C20H32N2O4S/c1-14(2)6-9-21-20(23)17-7-10-22(11-8-17)27(24,25)19-13-15(3)18(26-5)12-16(19)4/h12-14,17H,6-11H2,1-5H3,(H,21,23). The quantitative estimate of drug-likeness (QED) is 0.769. The Hall–Kier alpha value is -1.60. The van der Waals surface area contributed by atoms with E-state index in [0.29, 0.717) is 54.6 Å². The van der Waals surface area contributed by atoms with Crippen LogP contribution in [0.15, 0.2) is 17.0 Å². The number of hydrogen-bond acceptors (Lipinski definition) is 4. The molecule has 0 aliphatic carbocycles. The summed E-state index contributed by atoms with van der Waals surface area (Å²) in [7, 11) is -2.00. The van der Waals surface area contributed by atoms with Gasteiger partial charge in [-0.1, -0.05) is 13.8 Å². The molecule has 1 heterocycles. The predicted octanol–water partition coefficient (Wildman–Crippen LogP) is 2.88. The summed E-state index contributed by atoms with van der Waals surface area (Å²) >= 11 is 0. The Morgan fingerprint density at radius 3 is 2.41 bits per heavy atom. The van der Waals surface area contributed by atoms with Crippen LogP contribution in [0.25, 0.3) is 0 Å². The fourth-order valence-corrected chi connectivity index (χ4v) is 5.15. The molecule has 1 fully saturated rings. The molecule has 1 aromatic carbocycles. The Balaban J connectivity index is 2.02. The van der Waals surface area contributed by atoms with E-state index in [0.717, 1.165) is 12.0 Å². The fraction of sp³-hybridized carbons (Fsp3) is 0.650. The minimum Gasteiger partial charge on any atom is -0.496 e. The molecule has 27 heavy (non-hydrogen) atoms. The van der Waals surface area contributed by atoms with Gasteiger partial charge in [0.15, 0.2) is 0 Å². The highest BCUT2D eigenvalue weighted by Crippen LogP contribution is 2.30. The molecule has 152 valence electrons. The number of sulfonamides is 1. The molecule has 0 aromatic heterocycles. The first-order valence-corrected chi connectivity index (χ1v) is 11.0. The number of benzene rings is 1. The van der Waals surface area contributed by atoms with Gasteiger partial charge in [0.1, 0.15) is 5.75 Å². The van der Waals surface area contributed by atoms with Crippen LogP contribution in [0.1, 0.15) is 44.2 Å². The average molecular weight is 397 g/mol. The number of rotatable bonds is 7. The van der Waals surface area contributed by atoms with Crippen molar-refractivity contribution in [1.29, 1.82) is 0 Å². The van der Waals surface area contributed by atoms with Crippen LogP contribution in [-0.4, -0.2) is 45.4 Å². The van der Waals surface area contributed by atoms with E-state index in [1.165, 1.54) is 4.31 Å². The van der Waals surface area contributed by atoms with E-state index in [1.54, 1.807) is 26.2 Å². The number of piperidine rings is 1. The Morgan fingerprint density at radius 2 is 1.85 bits per heavy atom. The Labute approximate surface area is 163 Å². The van der Waals surface area contributed by atoms with Crippen molar-refractivity contribution in [3.63, 3.8) is 0 Å². The number of carbonyl (C=O) groups is 1. The summed E-state index contributed by atoms with van der Waals surface area (Å²) < 4.78 is 32.9. The molecule has 0 saturated carbocycles. The zero-order chi connectivity index (χ0) is 20.2. The van der Waals surface area contributed by atoms with E-state index in [9.17, 15) is 13.2 Å². The summed E-state index contributed by atoms with van der Waals surface area (Å²) in [6.07, 6.45) is 2.07. The molecule has 6 nitrogen and oxygen atoms in total. The zero-order valence-electron chi connectivity index (χ0n) is 17.0. The number of nitrogens with zero attached hydrogens (tertiary/aromatic N) is 1. The summed E-state index contributed by atoms with van der Waals surface area (Å²) in [6.45, 7) is 9.29. The van der Waals surface area contributed by atoms with Gasteiger partial charge in [0.25, 0.3) is 0 Å². The molecule has 0 unspecified atom stereocenters. The largest absolute Gasteiger partial charge is 0.496 e. The van der Waals surface area contributed by atoms with Gasteiger partial charge < -0.3 is 10.1 Å². The smallest absolute Gasteiger partial charge is 0.243 e. The molecule has 7 heteroatoms. The third-order valence-electron chi connectivity index (χ3n) is 5.16. The van der Waals surface area contributed by atoms with Gasteiger partial charge in [-0.25, -0.2) is 8.42 Å². The first kappa shape index (κ1) is 21.7. The van der Waals surface area contributed by atoms with Crippen LogP contribution < -0.4 is 10.1 Å². The molecule has 0 spiro atoms. The SMILES string of the molecule is COc1cc(C)c(S(=O)(=O)N2CCC(C(=O)NCCC(C)C)CC2)cc1C. The maximum Gasteiger partial charge on any atom is 0.243 e. The van der Waals surface area contributed by atoms with Crippen LogP contribution in [0.3, 0.4) is 0 Å². The highest BCUT2D eigenvalue weighted by Gasteiger charge is 2.33. The lowest BCUT2D eigenvalue weighted by atomic mass is 9.97. The van der Waals surface area contributed by atoms with Crippen LogP contribution in [0, 0.1) is 25.7 Å². The third-order valence-corrected chi connectivity index (χ3v) is 7.20.